The maximum atomic E-state index is 11.8. The molecule has 1 heterocycles. The molecule has 28 heavy (non-hydrogen) atoms. The predicted molar refractivity (Wildman–Crippen MR) is 112 cm³/mol. The zero-order valence-corrected chi connectivity index (χ0v) is 17.1. The van der Waals surface area contributed by atoms with Gasteiger partial charge in [0.05, 0.1) is 17.0 Å². The molecular formula is C22H31N3O3. The van der Waals surface area contributed by atoms with Gasteiger partial charge in [0.2, 0.25) is 5.91 Å². The van der Waals surface area contributed by atoms with Crippen molar-refractivity contribution in [1.29, 1.82) is 0 Å². The number of nitrogens with one attached hydrogen (secondary N) is 1. The van der Waals surface area contributed by atoms with Crippen LogP contribution in [0, 0.1) is 6.92 Å². The number of aryl methyl sites for hydroxylation is 1. The number of hydrogen-bond donors (Lipinski definition) is 2. The first-order valence-electron chi connectivity index (χ1n) is 10.2. The summed E-state index contributed by atoms with van der Waals surface area (Å²) < 4.78 is 11.5. The minimum Gasteiger partial charge on any atom is -0.490 e. The van der Waals surface area contributed by atoms with Gasteiger partial charge in [0.25, 0.3) is 0 Å². The summed E-state index contributed by atoms with van der Waals surface area (Å²) >= 11 is 0. The number of fused-ring (bicyclic) bond motifs is 1. The van der Waals surface area contributed by atoms with E-state index >= 15 is 0 Å². The number of anilines is 1. The molecule has 1 aromatic heterocycles. The fourth-order valence-electron chi connectivity index (χ4n) is 3.99. The Kier molecular flexibility index (Phi) is 6.73. The number of rotatable bonds is 7. The standard InChI is InChI=1S/C22H31N3O3/c1-4-17-14(3)24-18-7-6-8-19(21(18)22(17)23)28-16-11-9-15(10-12-16)25-20(26)13-27-5-2/h6-8,15-16H,4-5,9-13H2,1-3H3,(H2,23,24)(H,25,26)/t15-,16-. The summed E-state index contributed by atoms with van der Waals surface area (Å²) in [6.07, 6.45) is 4.57. The Morgan fingerprint density at radius 1 is 1.25 bits per heavy atom. The third kappa shape index (κ3) is 4.55. The number of ether oxygens (including phenoxy) is 2. The lowest BCUT2D eigenvalue weighted by Crippen LogP contribution is -2.41. The van der Waals surface area contributed by atoms with Crippen molar-refractivity contribution in [3.05, 3.63) is 29.5 Å². The number of benzene rings is 1. The van der Waals surface area contributed by atoms with E-state index in [-0.39, 0.29) is 24.7 Å². The molecule has 0 bridgehead atoms. The normalized spacial score (nSPS) is 19.5. The number of amides is 1. The van der Waals surface area contributed by atoms with E-state index in [9.17, 15) is 4.79 Å². The molecule has 1 aromatic carbocycles. The number of nitrogens with two attached hydrogens (primary N) is 1. The van der Waals surface area contributed by atoms with E-state index in [0.29, 0.717) is 6.61 Å². The third-order valence-corrected chi connectivity index (χ3v) is 5.45. The lowest BCUT2D eigenvalue weighted by atomic mass is 9.92. The first kappa shape index (κ1) is 20.4. The third-order valence-electron chi connectivity index (χ3n) is 5.45. The Balaban J connectivity index is 1.67. The second kappa shape index (κ2) is 9.24. The molecule has 6 heteroatoms. The Morgan fingerprint density at radius 2 is 2.00 bits per heavy atom. The highest BCUT2D eigenvalue weighted by atomic mass is 16.5. The van der Waals surface area contributed by atoms with Crippen LogP contribution in [0.25, 0.3) is 10.9 Å². The van der Waals surface area contributed by atoms with Gasteiger partial charge in [0.1, 0.15) is 12.4 Å². The van der Waals surface area contributed by atoms with E-state index in [4.69, 9.17) is 20.2 Å². The van der Waals surface area contributed by atoms with Crippen LogP contribution in [-0.4, -0.2) is 36.3 Å². The number of carbonyl (C=O) groups is 1. The molecule has 0 unspecified atom stereocenters. The van der Waals surface area contributed by atoms with Crippen molar-refractivity contribution in [2.45, 2.75) is 65.0 Å². The van der Waals surface area contributed by atoms with Gasteiger partial charge in [-0.25, -0.2) is 0 Å². The molecule has 1 aliphatic rings. The van der Waals surface area contributed by atoms with Crippen LogP contribution in [0.4, 0.5) is 5.69 Å². The smallest absolute Gasteiger partial charge is 0.246 e. The largest absolute Gasteiger partial charge is 0.490 e. The summed E-state index contributed by atoms with van der Waals surface area (Å²) in [5, 5.41) is 3.96. The molecular weight excluding hydrogens is 354 g/mol. The minimum absolute atomic E-state index is 0.0402. The molecule has 3 N–H and O–H groups in total. The van der Waals surface area contributed by atoms with Crippen molar-refractivity contribution in [2.75, 3.05) is 18.9 Å². The van der Waals surface area contributed by atoms with E-state index in [1.165, 1.54) is 0 Å². The number of hydrogen-bond acceptors (Lipinski definition) is 5. The SMILES string of the molecule is CCOCC(=O)N[C@H]1CC[C@H](Oc2cccc3nc(C)c(CC)c(N)c23)CC1. The molecule has 3 rings (SSSR count). The lowest BCUT2D eigenvalue weighted by Gasteiger charge is -2.30. The minimum atomic E-state index is -0.0402. The zero-order chi connectivity index (χ0) is 20.1. The first-order valence-corrected chi connectivity index (χ1v) is 10.2. The first-order chi connectivity index (χ1) is 13.5. The van der Waals surface area contributed by atoms with E-state index in [0.717, 1.165) is 65.7 Å². The highest BCUT2D eigenvalue weighted by Gasteiger charge is 2.24. The molecule has 1 saturated carbocycles. The van der Waals surface area contributed by atoms with Crippen molar-refractivity contribution >= 4 is 22.5 Å². The number of nitrogens with zero attached hydrogens (tertiary/aromatic N) is 1. The van der Waals surface area contributed by atoms with Crippen LogP contribution in [0.2, 0.25) is 0 Å². The van der Waals surface area contributed by atoms with Gasteiger partial charge in [-0.15, -0.1) is 0 Å². The summed E-state index contributed by atoms with van der Waals surface area (Å²) in [4.78, 5) is 16.5. The van der Waals surface area contributed by atoms with Gasteiger partial charge in [-0.3, -0.25) is 9.78 Å². The van der Waals surface area contributed by atoms with Gasteiger partial charge in [-0.1, -0.05) is 13.0 Å². The van der Waals surface area contributed by atoms with Crippen LogP contribution >= 0.6 is 0 Å². The summed E-state index contributed by atoms with van der Waals surface area (Å²) in [7, 11) is 0. The van der Waals surface area contributed by atoms with Crippen LogP contribution < -0.4 is 15.8 Å². The molecule has 152 valence electrons. The fourth-order valence-corrected chi connectivity index (χ4v) is 3.99. The molecule has 0 radical (unpaired) electrons. The molecule has 6 nitrogen and oxygen atoms in total. The van der Waals surface area contributed by atoms with Gasteiger partial charge in [-0.2, -0.15) is 0 Å². The van der Waals surface area contributed by atoms with Gasteiger partial charge in [0, 0.05) is 24.0 Å². The highest BCUT2D eigenvalue weighted by Crippen LogP contribution is 2.35. The Morgan fingerprint density at radius 3 is 2.68 bits per heavy atom. The number of nitrogen functional groups attached to an aromatic ring is 1. The van der Waals surface area contributed by atoms with E-state index in [1.807, 2.05) is 32.0 Å². The van der Waals surface area contributed by atoms with Crippen molar-refractivity contribution in [3.8, 4) is 5.75 Å². The summed E-state index contributed by atoms with van der Waals surface area (Å²) in [5.74, 6) is 0.766. The predicted octanol–water partition coefficient (Wildman–Crippen LogP) is 3.53. The average molecular weight is 386 g/mol. The molecule has 0 aliphatic heterocycles. The van der Waals surface area contributed by atoms with Crippen LogP contribution in [0.15, 0.2) is 18.2 Å². The molecule has 0 spiro atoms. The Labute approximate surface area is 166 Å². The van der Waals surface area contributed by atoms with Crippen LogP contribution in [0.1, 0.15) is 50.8 Å². The molecule has 1 amide bonds. The fraction of sp³-hybridized carbons (Fsp3) is 0.545. The van der Waals surface area contributed by atoms with Crippen molar-refractivity contribution in [2.24, 2.45) is 0 Å². The Hall–Kier alpha value is -2.34. The van der Waals surface area contributed by atoms with Crippen molar-refractivity contribution in [3.63, 3.8) is 0 Å². The van der Waals surface area contributed by atoms with Gasteiger partial charge in [0.15, 0.2) is 0 Å². The maximum absolute atomic E-state index is 11.8. The molecule has 2 aromatic rings. The quantitative estimate of drug-likeness (QED) is 0.761. The lowest BCUT2D eigenvalue weighted by molar-refractivity contribution is -0.126. The molecule has 0 atom stereocenters. The monoisotopic (exact) mass is 385 g/mol. The second-order valence-electron chi connectivity index (χ2n) is 7.39. The molecule has 0 saturated heterocycles. The van der Waals surface area contributed by atoms with Crippen molar-refractivity contribution in [1.82, 2.24) is 10.3 Å². The van der Waals surface area contributed by atoms with Gasteiger partial charge < -0.3 is 20.5 Å². The van der Waals surface area contributed by atoms with Crippen molar-refractivity contribution < 1.29 is 14.3 Å². The Bertz CT molecular complexity index is 829. The van der Waals surface area contributed by atoms with E-state index in [2.05, 4.69) is 12.2 Å². The van der Waals surface area contributed by atoms with E-state index < -0.39 is 0 Å². The summed E-state index contributed by atoms with van der Waals surface area (Å²) in [6, 6.07) is 6.12. The molecule has 1 fully saturated rings. The van der Waals surface area contributed by atoms with Crippen LogP contribution in [-0.2, 0) is 16.0 Å². The summed E-state index contributed by atoms with van der Waals surface area (Å²) in [6.45, 7) is 6.67. The number of carbonyl (C=O) groups excluding carboxylic acids is 1. The van der Waals surface area contributed by atoms with Gasteiger partial charge in [-0.05, 0) is 63.6 Å². The topological polar surface area (TPSA) is 86.5 Å². The number of aromatic nitrogens is 1. The second-order valence-corrected chi connectivity index (χ2v) is 7.39. The maximum Gasteiger partial charge on any atom is 0.246 e. The highest BCUT2D eigenvalue weighted by molar-refractivity contribution is 5.97. The zero-order valence-electron chi connectivity index (χ0n) is 17.1. The number of pyridine rings is 1. The van der Waals surface area contributed by atoms with E-state index in [1.54, 1.807) is 0 Å². The average Bonchev–Trinajstić information content (AvgIpc) is 2.68. The summed E-state index contributed by atoms with van der Waals surface area (Å²) in [5.41, 5.74) is 10.2. The molecule has 1 aliphatic carbocycles. The van der Waals surface area contributed by atoms with Crippen LogP contribution in [0.5, 0.6) is 5.75 Å². The van der Waals surface area contributed by atoms with Crippen LogP contribution in [0.3, 0.4) is 0 Å². The van der Waals surface area contributed by atoms with Gasteiger partial charge >= 0.3 is 0 Å².